The fraction of sp³-hybridized carbons (Fsp3) is 0.217. The molecular formula is C23H21ClF2N4O2. The number of halogens is 3. The first-order valence-corrected chi connectivity index (χ1v) is 10.4. The van der Waals surface area contributed by atoms with Gasteiger partial charge in [0.25, 0.3) is 5.56 Å². The summed E-state index contributed by atoms with van der Waals surface area (Å²) in [6.07, 6.45) is 1.22. The summed E-state index contributed by atoms with van der Waals surface area (Å²) in [4.78, 5) is 17.3. The zero-order valence-electron chi connectivity index (χ0n) is 17.1. The largest absolute Gasteiger partial charge is 0.379 e. The van der Waals surface area contributed by atoms with Crippen LogP contribution in [0.15, 0.2) is 53.5 Å². The number of H-pyrrole nitrogens is 1. The van der Waals surface area contributed by atoms with E-state index in [1.54, 1.807) is 12.1 Å². The Morgan fingerprint density at radius 1 is 1.09 bits per heavy atom. The first-order valence-electron chi connectivity index (χ1n) is 10.0. The van der Waals surface area contributed by atoms with Crippen molar-refractivity contribution in [1.82, 2.24) is 9.88 Å². The number of benzene rings is 2. The summed E-state index contributed by atoms with van der Waals surface area (Å²) < 4.78 is 33.7. The third-order valence-corrected chi connectivity index (χ3v) is 5.56. The summed E-state index contributed by atoms with van der Waals surface area (Å²) in [5.74, 6) is -1.68. The Morgan fingerprint density at radius 3 is 2.41 bits per heavy atom. The van der Waals surface area contributed by atoms with Gasteiger partial charge in [-0.1, -0.05) is 41.9 Å². The van der Waals surface area contributed by atoms with Crippen LogP contribution in [0.2, 0.25) is 5.02 Å². The molecule has 6 nitrogen and oxygen atoms in total. The number of anilines is 2. The molecule has 1 aliphatic rings. The van der Waals surface area contributed by atoms with E-state index in [9.17, 15) is 13.6 Å². The quantitative estimate of drug-likeness (QED) is 0.481. The SMILES string of the molecule is N=C(c1ccc(CN2CCOCC2)cc1)c1c(Nc2c(F)cccc2F)c(Cl)c[nH]c1=O. The fourth-order valence-electron chi connectivity index (χ4n) is 3.55. The highest BCUT2D eigenvalue weighted by molar-refractivity contribution is 6.34. The summed E-state index contributed by atoms with van der Waals surface area (Å²) in [6.45, 7) is 3.89. The molecule has 2 heterocycles. The highest BCUT2D eigenvalue weighted by Crippen LogP contribution is 2.30. The third-order valence-electron chi connectivity index (χ3n) is 5.26. The molecular weight excluding hydrogens is 438 g/mol. The number of hydrogen-bond donors (Lipinski definition) is 3. The van der Waals surface area contributed by atoms with E-state index in [0.717, 1.165) is 37.3 Å². The van der Waals surface area contributed by atoms with Crippen LogP contribution in [0.3, 0.4) is 0 Å². The average Bonchev–Trinajstić information content (AvgIpc) is 2.79. The van der Waals surface area contributed by atoms with Gasteiger partial charge < -0.3 is 15.0 Å². The smallest absolute Gasteiger partial charge is 0.259 e. The number of aromatic amines is 1. The van der Waals surface area contributed by atoms with Crippen molar-refractivity contribution in [2.45, 2.75) is 6.54 Å². The lowest BCUT2D eigenvalue weighted by Crippen LogP contribution is -2.35. The van der Waals surface area contributed by atoms with E-state index in [-0.39, 0.29) is 22.0 Å². The molecule has 0 aliphatic carbocycles. The van der Waals surface area contributed by atoms with Crippen LogP contribution >= 0.6 is 11.6 Å². The van der Waals surface area contributed by atoms with Gasteiger partial charge >= 0.3 is 0 Å². The van der Waals surface area contributed by atoms with Gasteiger partial charge in [0.05, 0.1) is 35.2 Å². The normalized spacial score (nSPS) is 14.3. The topological polar surface area (TPSA) is 81.2 Å². The minimum absolute atomic E-state index is 0.0240. The first kappa shape index (κ1) is 22.1. The standard InChI is InChI=1S/C23H21ClF2N4O2/c24-16-12-28-23(31)19(21(16)29-22-17(25)2-1-3-18(22)26)20(27)15-6-4-14(5-7-15)13-30-8-10-32-11-9-30/h1-7,12,27H,8-11,13H2,(H2,28,29,31). The van der Waals surface area contributed by atoms with Crippen molar-refractivity contribution >= 4 is 28.7 Å². The highest BCUT2D eigenvalue weighted by Gasteiger charge is 2.20. The Balaban J connectivity index is 1.63. The lowest BCUT2D eigenvalue weighted by molar-refractivity contribution is 0.0342. The van der Waals surface area contributed by atoms with Crippen LogP contribution in [0.1, 0.15) is 16.7 Å². The molecule has 4 rings (SSSR count). The van der Waals surface area contributed by atoms with E-state index in [0.29, 0.717) is 18.8 Å². The molecule has 9 heteroatoms. The summed E-state index contributed by atoms with van der Waals surface area (Å²) >= 11 is 6.23. The second kappa shape index (κ2) is 9.60. The summed E-state index contributed by atoms with van der Waals surface area (Å²) in [7, 11) is 0. The second-order valence-electron chi connectivity index (χ2n) is 7.40. The number of nitrogens with one attached hydrogen (secondary N) is 3. The summed E-state index contributed by atoms with van der Waals surface area (Å²) in [6, 6.07) is 10.7. The summed E-state index contributed by atoms with van der Waals surface area (Å²) in [5, 5.41) is 11.2. The van der Waals surface area contributed by atoms with Gasteiger partial charge in [-0.2, -0.15) is 0 Å². The van der Waals surface area contributed by atoms with Crippen LogP contribution in [-0.4, -0.2) is 41.9 Å². The van der Waals surface area contributed by atoms with Gasteiger partial charge in [0.1, 0.15) is 17.3 Å². The number of morpholine rings is 1. The van der Waals surface area contributed by atoms with E-state index < -0.39 is 22.9 Å². The molecule has 0 unspecified atom stereocenters. The van der Waals surface area contributed by atoms with Gasteiger partial charge in [-0.3, -0.25) is 15.1 Å². The van der Waals surface area contributed by atoms with Crippen LogP contribution in [-0.2, 0) is 11.3 Å². The van der Waals surface area contributed by atoms with Crippen molar-refractivity contribution < 1.29 is 13.5 Å². The fourth-order valence-corrected chi connectivity index (χ4v) is 3.74. The van der Waals surface area contributed by atoms with E-state index in [1.807, 2.05) is 12.1 Å². The number of hydrogen-bond acceptors (Lipinski definition) is 5. The van der Waals surface area contributed by atoms with Gasteiger partial charge in [-0.05, 0) is 17.7 Å². The predicted octanol–water partition coefficient (Wildman–Crippen LogP) is 4.30. The number of para-hydroxylation sites is 1. The number of pyridine rings is 1. The number of aromatic nitrogens is 1. The molecule has 3 N–H and O–H groups in total. The average molecular weight is 459 g/mol. The molecule has 32 heavy (non-hydrogen) atoms. The maximum atomic E-state index is 14.2. The maximum absolute atomic E-state index is 14.2. The summed E-state index contributed by atoms with van der Waals surface area (Å²) in [5.41, 5.74) is 0.218. The molecule has 0 saturated carbocycles. The molecule has 1 saturated heterocycles. The van der Waals surface area contributed by atoms with Crippen LogP contribution in [0.5, 0.6) is 0 Å². The van der Waals surface area contributed by atoms with Crippen molar-refractivity contribution in [3.05, 3.63) is 92.4 Å². The molecule has 0 bridgehead atoms. The maximum Gasteiger partial charge on any atom is 0.259 e. The Kier molecular flexibility index (Phi) is 6.64. The Bertz CT molecular complexity index is 1170. The van der Waals surface area contributed by atoms with Crippen molar-refractivity contribution in [2.24, 2.45) is 0 Å². The van der Waals surface area contributed by atoms with Crippen molar-refractivity contribution in [1.29, 1.82) is 5.41 Å². The number of nitrogens with zero attached hydrogens (tertiary/aromatic N) is 1. The second-order valence-corrected chi connectivity index (χ2v) is 7.81. The van der Waals surface area contributed by atoms with Crippen LogP contribution < -0.4 is 10.9 Å². The van der Waals surface area contributed by atoms with Gasteiger partial charge in [0, 0.05) is 31.4 Å². The van der Waals surface area contributed by atoms with E-state index >= 15 is 0 Å². The molecule has 1 aromatic heterocycles. The van der Waals surface area contributed by atoms with E-state index in [1.165, 1.54) is 12.3 Å². The lowest BCUT2D eigenvalue weighted by Gasteiger charge is -2.26. The molecule has 0 amide bonds. The highest BCUT2D eigenvalue weighted by atomic mass is 35.5. The predicted molar refractivity (Wildman–Crippen MR) is 120 cm³/mol. The van der Waals surface area contributed by atoms with Crippen molar-refractivity contribution in [3.63, 3.8) is 0 Å². The van der Waals surface area contributed by atoms with Gasteiger partial charge in [0.15, 0.2) is 0 Å². The minimum atomic E-state index is -0.841. The Hall–Kier alpha value is -3.07. The molecule has 2 aromatic carbocycles. The molecule has 0 spiro atoms. The molecule has 0 radical (unpaired) electrons. The Morgan fingerprint density at radius 2 is 1.75 bits per heavy atom. The van der Waals surface area contributed by atoms with Crippen molar-refractivity contribution in [3.8, 4) is 0 Å². The first-order chi connectivity index (χ1) is 15.4. The van der Waals surface area contributed by atoms with Crippen LogP contribution in [0.25, 0.3) is 0 Å². The molecule has 166 valence electrons. The van der Waals surface area contributed by atoms with E-state index in [4.69, 9.17) is 21.7 Å². The molecule has 3 aromatic rings. The molecule has 1 fully saturated rings. The zero-order chi connectivity index (χ0) is 22.7. The van der Waals surface area contributed by atoms with Gasteiger partial charge in [0.2, 0.25) is 0 Å². The van der Waals surface area contributed by atoms with Gasteiger partial charge in [-0.25, -0.2) is 8.78 Å². The number of ether oxygens (including phenoxy) is 1. The van der Waals surface area contributed by atoms with Crippen LogP contribution in [0, 0.1) is 17.0 Å². The molecule has 1 aliphatic heterocycles. The van der Waals surface area contributed by atoms with E-state index in [2.05, 4.69) is 15.2 Å². The minimum Gasteiger partial charge on any atom is -0.379 e. The molecule has 0 atom stereocenters. The number of rotatable bonds is 6. The van der Waals surface area contributed by atoms with Crippen LogP contribution in [0.4, 0.5) is 20.2 Å². The Labute approximate surface area is 188 Å². The van der Waals surface area contributed by atoms with Gasteiger partial charge in [-0.15, -0.1) is 0 Å². The lowest BCUT2D eigenvalue weighted by atomic mass is 10.0. The monoisotopic (exact) mass is 458 g/mol. The third kappa shape index (κ3) is 4.72. The zero-order valence-corrected chi connectivity index (χ0v) is 17.8. The van der Waals surface area contributed by atoms with Crippen molar-refractivity contribution in [2.75, 3.05) is 31.6 Å².